The SMILES string of the molecule is C=C(C)[C@@H]1CC[C@]2(C(=O)N[C@@H](CCCCN)C(=O)O)CC[C@]3(C)[C@H](CC[C@@H]4[C@@]5(C)CC[C@H](OC(=O)CC(C)(C)C(=O)O)C(C)(C)[C@@H]5CC[C@]43C)[C@@H]12. The van der Waals surface area contributed by atoms with Crippen molar-refractivity contribution >= 4 is 23.8 Å². The number of nitrogens with one attached hydrogen (secondary N) is 1. The first-order chi connectivity index (χ1) is 23.6. The maximum atomic E-state index is 14.5. The molecule has 9 heteroatoms. The molecule has 0 aromatic rings. The largest absolute Gasteiger partial charge is 0.481 e. The smallest absolute Gasteiger partial charge is 0.326 e. The zero-order valence-electron chi connectivity index (χ0n) is 32.9. The van der Waals surface area contributed by atoms with E-state index in [1.165, 1.54) is 0 Å². The highest BCUT2D eigenvalue weighted by molar-refractivity contribution is 5.88. The van der Waals surface area contributed by atoms with Crippen LogP contribution >= 0.6 is 0 Å². The van der Waals surface area contributed by atoms with Crippen LogP contribution in [-0.4, -0.2) is 52.7 Å². The second kappa shape index (κ2) is 13.8. The van der Waals surface area contributed by atoms with Crippen LogP contribution in [0.25, 0.3) is 0 Å². The van der Waals surface area contributed by atoms with Crippen molar-refractivity contribution in [1.82, 2.24) is 5.32 Å². The van der Waals surface area contributed by atoms with Crippen LogP contribution in [0.5, 0.6) is 0 Å². The van der Waals surface area contributed by atoms with Gasteiger partial charge < -0.3 is 26.0 Å². The molecule has 0 saturated heterocycles. The molecule has 0 bridgehead atoms. The lowest BCUT2D eigenvalue weighted by atomic mass is 9.32. The first-order valence-electron chi connectivity index (χ1n) is 19.9. The Bertz CT molecular complexity index is 1410. The molecule has 11 atom stereocenters. The third-order valence-electron chi connectivity index (χ3n) is 16.4. The molecule has 0 heterocycles. The highest BCUT2D eigenvalue weighted by Crippen LogP contribution is 2.77. The van der Waals surface area contributed by atoms with E-state index < -0.39 is 34.8 Å². The fraction of sp³-hybridized carbons (Fsp3) is 0.857. The van der Waals surface area contributed by atoms with Crippen molar-refractivity contribution in [2.45, 2.75) is 157 Å². The summed E-state index contributed by atoms with van der Waals surface area (Å²) in [4.78, 5) is 51.6. The minimum atomic E-state index is -1.17. The predicted molar refractivity (Wildman–Crippen MR) is 197 cm³/mol. The van der Waals surface area contributed by atoms with Crippen molar-refractivity contribution in [2.75, 3.05) is 6.54 Å². The number of esters is 1. The van der Waals surface area contributed by atoms with E-state index in [1.54, 1.807) is 13.8 Å². The first-order valence-corrected chi connectivity index (χ1v) is 19.9. The highest BCUT2D eigenvalue weighted by Gasteiger charge is 2.72. The van der Waals surface area contributed by atoms with Gasteiger partial charge in [-0.15, -0.1) is 0 Å². The van der Waals surface area contributed by atoms with Crippen LogP contribution in [0.1, 0.15) is 145 Å². The van der Waals surface area contributed by atoms with E-state index in [9.17, 15) is 29.4 Å². The second-order valence-corrected chi connectivity index (χ2v) is 19.7. The van der Waals surface area contributed by atoms with E-state index in [0.717, 1.165) is 76.2 Å². The van der Waals surface area contributed by atoms with Crippen LogP contribution in [0.4, 0.5) is 0 Å². The lowest BCUT2D eigenvalue weighted by Crippen LogP contribution is -2.67. The van der Waals surface area contributed by atoms with Gasteiger partial charge in [0, 0.05) is 5.41 Å². The zero-order valence-corrected chi connectivity index (χ0v) is 32.9. The van der Waals surface area contributed by atoms with Crippen LogP contribution in [0, 0.1) is 62.1 Å². The molecule has 9 nitrogen and oxygen atoms in total. The maximum absolute atomic E-state index is 14.5. The number of amides is 1. The summed E-state index contributed by atoms with van der Waals surface area (Å²) >= 11 is 0. The number of carboxylic acid groups (broad SMARTS) is 2. The zero-order chi connectivity index (χ0) is 37.9. The van der Waals surface area contributed by atoms with Gasteiger partial charge in [-0.3, -0.25) is 14.4 Å². The number of rotatable bonds is 12. The van der Waals surface area contributed by atoms with E-state index >= 15 is 0 Å². The monoisotopic (exact) mass is 713 g/mol. The number of carboxylic acids is 2. The number of hydrogen-bond donors (Lipinski definition) is 4. The Morgan fingerprint density at radius 3 is 2.18 bits per heavy atom. The van der Waals surface area contributed by atoms with Gasteiger partial charge in [-0.2, -0.15) is 0 Å². The molecule has 5 aliphatic carbocycles. The topological polar surface area (TPSA) is 156 Å². The molecule has 288 valence electrons. The van der Waals surface area contributed by atoms with Crippen LogP contribution in [0.15, 0.2) is 12.2 Å². The lowest BCUT2D eigenvalue weighted by molar-refractivity contribution is -0.249. The van der Waals surface area contributed by atoms with Crippen molar-refractivity contribution in [3.05, 3.63) is 12.2 Å². The van der Waals surface area contributed by atoms with Gasteiger partial charge in [-0.25, -0.2) is 4.79 Å². The van der Waals surface area contributed by atoms with Crippen molar-refractivity contribution in [1.29, 1.82) is 0 Å². The summed E-state index contributed by atoms with van der Waals surface area (Å²) in [6.07, 6.45) is 10.8. The van der Waals surface area contributed by atoms with Gasteiger partial charge in [-0.1, -0.05) is 46.8 Å². The second-order valence-electron chi connectivity index (χ2n) is 19.7. The number of fused-ring (bicyclic) bond motifs is 7. The number of nitrogens with two attached hydrogens (primary N) is 1. The summed E-state index contributed by atoms with van der Waals surface area (Å²) in [5, 5.41) is 22.7. The third kappa shape index (κ3) is 6.37. The van der Waals surface area contributed by atoms with Gasteiger partial charge >= 0.3 is 17.9 Å². The molecule has 0 aromatic carbocycles. The quantitative estimate of drug-likeness (QED) is 0.0909. The van der Waals surface area contributed by atoms with Crippen molar-refractivity contribution in [2.24, 2.45) is 67.8 Å². The molecule has 5 rings (SSSR count). The molecule has 0 aliphatic heterocycles. The molecule has 5 fully saturated rings. The summed E-state index contributed by atoms with van der Waals surface area (Å²) in [6.45, 7) is 22.3. The molecule has 5 N–H and O–H groups in total. The van der Waals surface area contributed by atoms with Crippen LogP contribution in [0.2, 0.25) is 0 Å². The minimum Gasteiger partial charge on any atom is -0.481 e. The summed E-state index contributed by atoms with van der Waals surface area (Å²) < 4.78 is 6.15. The Morgan fingerprint density at radius 1 is 0.882 bits per heavy atom. The molecule has 1 amide bonds. The average Bonchev–Trinajstić information content (AvgIpc) is 3.43. The van der Waals surface area contributed by atoms with Gasteiger partial charge in [-0.05, 0) is 157 Å². The minimum absolute atomic E-state index is 0.0135. The molecular weight excluding hydrogens is 644 g/mol. The maximum Gasteiger partial charge on any atom is 0.326 e. The Balaban J connectivity index is 1.41. The predicted octanol–water partition coefficient (Wildman–Crippen LogP) is 7.76. The highest BCUT2D eigenvalue weighted by atomic mass is 16.5. The van der Waals surface area contributed by atoms with Gasteiger partial charge in [0.05, 0.1) is 17.3 Å². The standard InChI is InChI=1S/C42H68N2O7/c1-25(2)26-15-20-42(35(48)44-28(34(46)47)12-10-11-23-43)22-21-40(8)27(33(26)42)13-14-30-39(7)18-17-31(51-32(45)24-37(3,4)36(49)50)38(5,6)29(39)16-19-41(30,40)9/h26-31,33H,1,10-24,43H2,2-9H3,(H,44,48)(H,46,47)(H,49,50)/t26-,27+,28-,29-,30+,31-,33+,39-,40+,41+,42-/m0/s1. The average molecular weight is 713 g/mol. The Hall–Kier alpha value is -2.42. The van der Waals surface area contributed by atoms with E-state index in [4.69, 9.17) is 10.5 Å². The Morgan fingerprint density at radius 2 is 1.57 bits per heavy atom. The summed E-state index contributed by atoms with van der Waals surface area (Å²) in [7, 11) is 0. The molecule has 51 heavy (non-hydrogen) atoms. The van der Waals surface area contributed by atoms with Crippen LogP contribution in [-0.2, 0) is 23.9 Å². The molecule has 0 aromatic heterocycles. The number of carbonyl (C=O) groups is 4. The fourth-order valence-corrected chi connectivity index (χ4v) is 13.4. The van der Waals surface area contributed by atoms with Crippen molar-refractivity contribution < 1.29 is 34.1 Å². The number of unbranched alkanes of at least 4 members (excludes halogenated alkanes) is 1. The Kier molecular flexibility index (Phi) is 10.7. The van der Waals surface area contributed by atoms with Gasteiger partial charge in [0.1, 0.15) is 12.1 Å². The Labute approximate surface area is 306 Å². The number of carbonyl (C=O) groups excluding carboxylic acids is 2. The van der Waals surface area contributed by atoms with E-state index in [0.29, 0.717) is 37.1 Å². The molecule has 5 aliphatic rings. The first kappa shape index (κ1) is 39.8. The van der Waals surface area contributed by atoms with Crippen molar-refractivity contribution in [3.63, 3.8) is 0 Å². The molecule has 5 saturated carbocycles. The summed E-state index contributed by atoms with van der Waals surface area (Å²) in [5.41, 5.74) is 4.94. The van der Waals surface area contributed by atoms with E-state index in [-0.39, 0.29) is 51.9 Å². The van der Waals surface area contributed by atoms with E-state index in [1.807, 2.05) is 0 Å². The molecular formula is C42H68N2O7. The molecule has 0 spiro atoms. The third-order valence-corrected chi connectivity index (χ3v) is 16.4. The van der Waals surface area contributed by atoms with Gasteiger partial charge in [0.25, 0.3) is 0 Å². The van der Waals surface area contributed by atoms with Crippen molar-refractivity contribution in [3.8, 4) is 0 Å². The normalized spacial score (nSPS) is 40.4. The van der Waals surface area contributed by atoms with Gasteiger partial charge in [0.2, 0.25) is 5.91 Å². The van der Waals surface area contributed by atoms with Crippen LogP contribution < -0.4 is 11.1 Å². The lowest BCUT2D eigenvalue weighted by Gasteiger charge is -2.72. The number of allylic oxidation sites excluding steroid dienone is 1. The fourth-order valence-electron chi connectivity index (χ4n) is 13.4. The van der Waals surface area contributed by atoms with Crippen LogP contribution in [0.3, 0.4) is 0 Å². The number of aliphatic carboxylic acids is 2. The number of hydrogen-bond acceptors (Lipinski definition) is 6. The van der Waals surface area contributed by atoms with E-state index in [2.05, 4.69) is 53.4 Å². The summed E-state index contributed by atoms with van der Waals surface area (Å²) in [5.74, 6) is -0.913. The molecule has 0 radical (unpaired) electrons. The molecule has 0 unspecified atom stereocenters. The summed E-state index contributed by atoms with van der Waals surface area (Å²) in [6, 6.07) is -0.902. The number of ether oxygens (including phenoxy) is 1. The van der Waals surface area contributed by atoms with Gasteiger partial charge in [0.15, 0.2) is 0 Å².